The number of unbranched alkanes of at least 4 members (excludes halogenated alkanes) is 3. The second-order valence-electron chi connectivity index (χ2n) is 9.43. The summed E-state index contributed by atoms with van der Waals surface area (Å²) in [4.78, 5) is 10.4. The van der Waals surface area contributed by atoms with Gasteiger partial charge < -0.3 is 0 Å². The van der Waals surface area contributed by atoms with Crippen LogP contribution in [-0.4, -0.2) is 18.8 Å². The highest BCUT2D eigenvalue weighted by molar-refractivity contribution is 6.84. The second-order valence-corrected chi connectivity index (χ2v) is 11.9. The van der Waals surface area contributed by atoms with Crippen molar-refractivity contribution in [2.24, 2.45) is 0 Å². The van der Waals surface area contributed by atoms with Gasteiger partial charge >= 0.3 is 0 Å². The Balaban J connectivity index is 1.34. The first kappa shape index (κ1) is 24.9. The molecule has 0 aliphatic heterocycles. The van der Waals surface area contributed by atoms with E-state index in [9.17, 15) is 0 Å². The van der Waals surface area contributed by atoms with Crippen LogP contribution in [0.3, 0.4) is 0 Å². The van der Waals surface area contributed by atoms with Gasteiger partial charge in [0.05, 0.1) is 11.4 Å². The minimum atomic E-state index is -1.12. The molecule has 0 aliphatic rings. The lowest BCUT2D eigenvalue weighted by atomic mass is 10.1. The molecule has 2 aromatic heterocycles. The van der Waals surface area contributed by atoms with Crippen molar-refractivity contribution < 1.29 is 0 Å². The van der Waals surface area contributed by atoms with E-state index in [1.54, 1.807) is 0 Å². The van der Waals surface area contributed by atoms with E-state index in [-0.39, 0.29) is 0 Å². The first-order valence-electron chi connectivity index (χ1n) is 13.3. The molecule has 0 aliphatic carbocycles. The Morgan fingerprint density at radius 3 is 1.46 bits per heavy atom. The molecule has 5 aromatic rings. The summed E-state index contributed by atoms with van der Waals surface area (Å²) >= 11 is 0. The smallest absolute Gasteiger partial charge is 0.170 e. The minimum absolute atomic E-state index is 1.04. The summed E-state index contributed by atoms with van der Waals surface area (Å²) in [6, 6.07) is 46.0. The van der Waals surface area contributed by atoms with Gasteiger partial charge in [0.2, 0.25) is 0 Å². The van der Waals surface area contributed by atoms with Crippen molar-refractivity contribution >= 4 is 19.4 Å². The summed E-state index contributed by atoms with van der Waals surface area (Å²) in [5.41, 5.74) is 5.86. The normalized spacial score (nSPS) is 11.1. The lowest BCUT2D eigenvalue weighted by Gasteiger charge is -2.16. The van der Waals surface area contributed by atoms with E-state index in [0.29, 0.717) is 0 Å². The number of hydrogen-bond donors (Lipinski definition) is 0. The summed E-state index contributed by atoms with van der Waals surface area (Å²) in [6.07, 6.45) is 6.13. The molecule has 0 amide bonds. The molecule has 0 saturated carbocycles. The first-order chi connectivity index (χ1) is 18.4. The third-order valence-corrected chi connectivity index (χ3v) is 9.39. The highest BCUT2D eigenvalue weighted by atomic mass is 28.3. The summed E-state index contributed by atoms with van der Waals surface area (Å²) < 4.78 is 0. The summed E-state index contributed by atoms with van der Waals surface area (Å²) in [5, 5.41) is 2.40. The van der Waals surface area contributed by atoms with Crippen molar-refractivity contribution in [3.05, 3.63) is 133 Å². The highest BCUT2D eigenvalue weighted by Crippen LogP contribution is 2.17. The van der Waals surface area contributed by atoms with Gasteiger partial charge in [-0.25, -0.2) is 0 Å². The molecule has 0 spiro atoms. The summed E-state index contributed by atoms with van der Waals surface area (Å²) in [7, 11) is -1.12. The lowest BCUT2D eigenvalue weighted by Crippen LogP contribution is -2.45. The van der Waals surface area contributed by atoms with Gasteiger partial charge in [-0.05, 0) is 48.7 Å². The molecule has 2 heterocycles. The fourth-order valence-corrected chi connectivity index (χ4v) is 7.25. The van der Waals surface area contributed by atoms with Gasteiger partial charge in [-0.2, -0.15) is 0 Å². The molecular formula is C34H33N2Si. The maximum absolute atomic E-state index is 5.18. The maximum Gasteiger partial charge on any atom is 0.170 e. The number of benzene rings is 3. The largest absolute Gasteiger partial charge is 0.257 e. The molecule has 0 saturated heterocycles. The molecular weight excluding hydrogens is 464 g/mol. The average Bonchev–Trinajstić information content (AvgIpc) is 2.98. The fourth-order valence-electron chi connectivity index (χ4n) is 4.76. The van der Waals surface area contributed by atoms with Gasteiger partial charge in [0.1, 0.15) is 0 Å². The monoisotopic (exact) mass is 497 g/mol. The predicted octanol–water partition coefficient (Wildman–Crippen LogP) is 7.22. The van der Waals surface area contributed by atoms with Gasteiger partial charge in [0.25, 0.3) is 0 Å². The standard InChI is InChI=1S/C34H33N2Si/c1(6-16-28-17-7-3-8-18-28)2-13-27-37(33-25-14-23-31(35-33)29-19-9-4-10-20-29)34-26-15-24-32(36-34)30-21-11-5-12-22-30/h3-5,7-12,14-15,17-26H,1-2,6,13,16,27H2. The third kappa shape index (κ3) is 6.90. The van der Waals surface area contributed by atoms with E-state index in [2.05, 4.69) is 127 Å². The Hall–Kier alpha value is -3.82. The quantitative estimate of drug-likeness (QED) is 0.142. The first-order valence-corrected chi connectivity index (χ1v) is 15.0. The van der Waals surface area contributed by atoms with Gasteiger partial charge in [0.15, 0.2) is 8.80 Å². The molecule has 0 bridgehead atoms. The van der Waals surface area contributed by atoms with Crippen molar-refractivity contribution in [3.63, 3.8) is 0 Å². The number of aromatic nitrogens is 2. The highest BCUT2D eigenvalue weighted by Gasteiger charge is 2.21. The summed E-state index contributed by atoms with van der Waals surface area (Å²) in [5.74, 6) is 0. The van der Waals surface area contributed by atoms with Gasteiger partial charge in [-0.1, -0.05) is 122 Å². The Kier molecular flexibility index (Phi) is 8.69. The van der Waals surface area contributed by atoms with Gasteiger partial charge in [-0.15, -0.1) is 0 Å². The van der Waals surface area contributed by atoms with E-state index in [1.165, 1.54) is 48.3 Å². The van der Waals surface area contributed by atoms with Crippen molar-refractivity contribution in [1.82, 2.24) is 9.97 Å². The van der Waals surface area contributed by atoms with Crippen LogP contribution in [0, 0.1) is 0 Å². The van der Waals surface area contributed by atoms with Crippen LogP contribution in [-0.2, 0) is 6.42 Å². The van der Waals surface area contributed by atoms with E-state index >= 15 is 0 Å². The number of hydrogen-bond acceptors (Lipinski definition) is 2. The van der Waals surface area contributed by atoms with Crippen molar-refractivity contribution in [3.8, 4) is 22.5 Å². The third-order valence-electron chi connectivity index (χ3n) is 6.74. The van der Waals surface area contributed by atoms with E-state index in [0.717, 1.165) is 28.6 Å². The van der Waals surface area contributed by atoms with Crippen LogP contribution in [0.1, 0.15) is 31.2 Å². The van der Waals surface area contributed by atoms with Crippen LogP contribution in [0.4, 0.5) is 0 Å². The number of rotatable bonds is 11. The molecule has 1 radical (unpaired) electrons. The molecule has 0 unspecified atom stereocenters. The van der Waals surface area contributed by atoms with Crippen LogP contribution in [0.2, 0.25) is 6.04 Å². The van der Waals surface area contributed by atoms with Gasteiger partial charge in [0, 0.05) is 21.8 Å². The molecule has 5 rings (SSSR count). The van der Waals surface area contributed by atoms with E-state index in [4.69, 9.17) is 9.97 Å². The van der Waals surface area contributed by atoms with Crippen LogP contribution < -0.4 is 10.6 Å². The predicted molar refractivity (Wildman–Crippen MR) is 158 cm³/mol. The molecule has 0 fully saturated rings. The number of nitrogens with zero attached hydrogens (tertiary/aromatic N) is 2. The molecule has 2 nitrogen and oxygen atoms in total. The van der Waals surface area contributed by atoms with Crippen LogP contribution in [0.15, 0.2) is 127 Å². The fraction of sp³-hybridized carbons (Fsp3) is 0.176. The van der Waals surface area contributed by atoms with Crippen molar-refractivity contribution in [2.75, 3.05) is 0 Å². The second kappa shape index (κ2) is 12.9. The molecule has 183 valence electrons. The molecule has 3 aromatic carbocycles. The Morgan fingerprint density at radius 2 is 0.919 bits per heavy atom. The van der Waals surface area contributed by atoms with Crippen LogP contribution in [0.25, 0.3) is 22.5 Å². The average molecular weight is 498 g/mol. The molecule has 0 atom stereocenters. The zero-order chi connectivity index (χ0) is 25.1. The SMILES string of the molecule is c1ccc(CCCCCC[Si](c2cccc(-c3ccccc3)n2)c2cccc(-c3ccccc3)n2)cc1. The topological polar surface area (TPSA) is 25.8 Å². The van der Waals surface area contributed by atoms with Gasteiger partial charge in [-0.3, -0.25) is 9.97 Å². The van der Waals surface area contributed by atoms with Crippen molar-refractivity contribution in [2.45, 2.75) is 38.1 Å². The Bertz CT molecular complexity index is 1290. The molecule has 37 heavy (non-hydrogen) atoms. The number of aryl methyl sites for hydroxylation is 1. The van der Waals surface area contributed by atoms with Crippen LogP contribution in [0.5, 0.6) is 0 Å². The zero-order valence-electron chi connectivity index (χ0n) is 21.3. The minimum Gasteiger partial charge on any atom is -0.257 e. The van der Waals surface area contributed by atoms with Crippen LogP contribution >= 0.6 is 0 Å². The maximum atomic E-state index is 5.18. The lowest BCUT2D eigenvalue weighted by molar-refractivity contribution is 0.665. The van der Waals surface area contributed by atoms with Crippen molar-refractivity contribution in [1.29, 1.82) is 0 Å². The number of pyridine rings is 2. The van der Waals surface area contributed by atoms with E-state index < -0.39 is 8.80 Å². The molecule has 3 heteroatoms. The Labute approximate surface area is 222 Å². The zero-order valence-corrected chi connectivity index (χ0v) is 22.3. The van der Waals surface area contributed by atoms with E-state index in [1.807, 2.05) is 0 Å². The Morgan fingerprint density at radius 1 is 0.432 bits per heavy atom. The summed E-state index contributed by atoms with van der Waals surface area (Å²) in [6.45, 7) is 0. The molecule has 0 N–H and O–H groups in total.